The Morgan fingerprint density at radius 3 is 2.89 bits per heavy atom. The summed E-state index contributed by atoms with van der Waals surface area (Å²) in [6, 6.07) is 11.3. The van der Waals surface area contributed by atoms with Gasteiger partial charge in [-0.1, -0.05) is 30.3 Å². The summed E-state index contributed by atoms with van der Waals surface area (Å²) in [6.45, 7) is 5.89. The van der Waals surface area contributed by atoms with Crippen LogP contribution in [0.2, 0.25) is 0 Å². The van der Waals surface area contributed by atoms with Gasteiger partial charge in [-0.15, -0.1) is 0 Å². The summed E-state index contributed by atoms with van der Waals surface area (Å²) in [5.41, 5.74) is 7.61. The summed E-state index contributed by atoms with van der Waals surface area (Å²) in [6.07, 6.45) is 2.12. The van der Waals surface area contributed by atoms with E-state index < -0.39 is 0 Å². The van der Waals surface area contributed by atoms with E-state index in [2.05, 4.69) is 42.2 Å². The van der Waals surface area contributed by atoms with Gasteiger partial charge in [0, 0.05) is 25.2 Å². The van der Waals surface area contributed by atoms with Gasteiger partial charge in [-0.2, -0.15) is 0 Å². The topological polar surface area (TPSA) is 38.5 Å². The van der Waals surface area contributed by atoms with Crippen LogP contribution in [0.5, 0.6) is 0 Å². The van der Waals surface area contributed by atoms with Gasteiger partial charge in [0.15, 0.2) is 0 Å². The Kier molecular flexibility index (Phi) is 5.17. The number of benzene rings is 1. The van der Waals surface area contributed by atoms with Crippen LogP contribution in [0, 0.1) is 0 Å². The van der Waals surface area contributed by atoms with Gasteiger partial charge >= 0.3 is 0 Å². The van der Waals surface area contributed by atoms with Crippen molar-refractivity contribution in [2.75, 3.05) is 26.3 Å². The van der Waals surface area contributed by atoms with Crippen LogP contribution in [-0.2, 0) is 11.2 Å². The number of hydrogen-bond acceptors (Lipinski definition) is 3. The molecule has 3 nitrogen and oxygen atoms in total. The average molecular weight is 248 g/mol. The molecule has 2 rings (SSSR count). The molecule has 1 saturated heterocycles. The van der Waals surface area contributed by atoms with Crippen LogP contribution in [0.25, 0.3) is 0 Å². The number of ether oxygens (including phenoxy) is 1. The van der Waals surface area contributed by atoms with E-state index in [1.807, 2.05) is 0 Å². The monoisotopic (exact) mass is 248 g/mol. The Morgan fingerprint density at radius 1 is 1.39 bits per heavy atom. The van der Waals surface area contributed by atoms with Crippen molar-refractivity contribution in [3.63, 3.8) is 0 Å². The van der Waals surface area contributed by atoms with E-state index in [-0.39, 0.29) is 6.04 Å². The van der Waals surface area contributed by atoms with Crippen LogP contribution in [0.1, 0.15) is 18.9 Å². The van der Waals surface area contributed by atoms with Gasteiger partial charge in [-0.25, -0.2) is 0 Å². The molecule has 2 unspecified atom stereocenters. The molecule has 3 heteroatoms. The number of rotatable bonds is 5. The third kappa shape index (κ3) is 4.09. The third-order valence-electron chi connectivity index (χ3n) is 3.62. The fourth-order valence-corrected chi connectivity index (χ4v) is 2.42. The summed E-state index contributed by atoms with van der Waals surface area (Å²) >= 11 is 0. The Hall–Kier alpha value is -0.900. The molecule has 1 fully saturated rings. The van der Waals surface area contributed by atoms with Crippen molar-refractivity contribution in [3.8, 4) is 0 Å². The quantitative estimate of drug-likeness (QED) is 0.861. The Bertz CT molecular complexity index is 342. The standard InChI is InChI=1S/C15H24N2O/c1-13-12-18-10-9-17(13)11-15(16)8-7-14-5-3-2-4-6-14/h2-6,13,15H,7-12,16H2,1H3. The zero-order chi connectivity index (χ0) is 12.8. The third-order valence-corrected chi connectivity index (χ3v) is 3.62. The Morgan fingerprint density at radius 2 is 2.17 bits per heavy atom. The molecule has 18 heavy (non-hydrogen) atoms. The lowest BCUT2D eigenvalue weighted by molar-refractivity contribution is -0.00298. The SMILES string of the molecule is CC1COCCN1CC(N)CCc1ccccc1. The minimum absolute atomic E-state index is 0.255. The molecule has 100 valence electrons. The Balaban J connectivity index is 1.73. The fourth-order valence-electron chi connectivity index (χ4n) is 2.42. The second kappa shape index (κ2) is 6.88. The molecule has 0 radical (unpaired) electrons. The maximum Gasteiger partial charge on any atom is 0.0619 e. The molecule has 0 aliphatic carbocycles. The molecule has 0 saturated carbocycles. The first-order valence-electron chi connectivity index (χ1n) is 6.87. The molecule has 1 aliphatic rings. The number of nitrogens with zero attached hydrogens (tertiary/aromatic N) is 1. The summed E-state index contributed by atoms with van der Waals surface area (Å²) in [5.74, 6) is 0. The lowest BCUT2D eigenvalue weighted by Gasteiger charge is -2.34. The molecule has 1 aliphatic heterocycles. The van der Waals surface area contributed by atoms with Gasteiger partial charge in [0.25, 0.3) is 0 Å². The van der Waals surface area contributed by atoms with Crippen LogP contribution >= 0.6 is 0 Å². The molecule has 1 aromatic carbocycles. The normalized spacial score (nSPS) is 22.9. The zero-order valence-electron chi connectivity index (χ0n) is 11.2. The largest absolute Gasteiger partial charge is 0.379 e. The molecule has 1 heterocycles. The second-order valence-corrected chi connectivity index (χ2v) is 5.20. The fraction of sp³-hybridized carbons (Fsp3) is 0.600. The van der Waals surface area contributed by atoms with Crippen LogP contribution in [0.4, 0.5) is 0 Å². The number of hydrogen-bond donors (Lipinski definition) is 1. The minimum Gasteiger partial charge on any atom is -0.379 e. The summed E-state index contributed by atoms with van der Waals surface area (Å²) in [4.78, 5) is 2.44. The number of morpholine rings is 1. The zero-order valence-corrected chi connectivity index (χ0v) is 11.2. The minimum atomic E-state index is 0.255. The van der Waals surface area contributed by atoms with Gasteiger partial charge in [-0.05, 0) is 25.3 Å². The highest BCUT2D eigenvalue weighted by Gasteiger charge is 2.20. The van der Waals surface area contributed by atoms with E-state index in [4.69, 9.17) is 10.5 Å². The van der Waals surface area contributed by atoms with Crippen LogP contribution < -0.4 is 5.73 Å². The molecule has 0 aromatic heterocycles. The van der Waals surface area contributed by atoms with Crippen molar-refractivity contribution < 1.29 is 4.74 Å². The van der Waals surface area contributed by atoms with E-state index in [0.29, 0.717) is 6.04 Å². The Labute approximate surface area is 110 Å². The predicted octanol–water partition coefficient (Wildman–Crippen LogP) is 1.67. The average Bonchev–Trinajstić information content (AvgIpc) is 2.40. The molecule has 0 amide bonds. The molecule has 1 aromatic rings. The van der Waals surface area contributed by atoms with E-state index in [1.54, 1.807) is 0 Å². The highest BCUT2D eigenvalue weighted by Crippen LogP contribution is 2.09. The number of aryl methyl sites for hydroxylation is 1. The highest BCUT2D eigenvalue weighted by atomic mass is 16.5. The summed E-state index contributed by atoms with van der Waals surface area (Å²) in [7, 11) is 0. The molecule has 2 N–H and O–H groups in total. The van der Waals surface area contributed by atoms with Gasteiger partial charge in [0.1, 0.15) is 0 Å². The van der Waals surface area contributed by atoms with Crippen molar-refractivity contribution in [2.24, 2.45) is 5.73 Å². The second-order valence-electron chi connectivity index (χ2n) is 5.20. The van der Waals surface area contributed by atoms with Crippen LogP contribution in [-0.4, -0.2) is 43.3 Å². The first-order chi connectivity index (χ1) is 8.75. The molecule has 0 spiro atoms. The highest BCUT2D eigenvalue weighted by molar-refractivity contribution is 5.14. The molecular weight excluding hydrogens is 224 g/mol. The van der Waals surface area contributed by atoms with E-state index in [1.165, 1.54) is 5.56 Å². The van der Waals surface area contributed by atoms with E-state index in [9.17, 15) is 0 Å². The maximum atomic E-state index is 6.23. The van der Waals surface area contributed by atoms with Crippen molar-refractivity contribution in [3.05, 3.63) is 35.9 Å². The molecular formula is C15H24N2O. The summed E-state index contributed by atoms with van der Waals surface area (Å²) < 4.78 is 5.44. The van der Waals surface area contributed by atoms with Crippen molar-refractivity contribution in [1.82, 2.24) is 4.90 Å². The van der Waals surface area contributed by atoms with E-state index in [0.717, 1.165) is 39.1 Å². The number of nitrogens with two attached hydrogens (primary N) is 1. The van der Waals surface area contributed by atoms with Crippen LogP contribution in [0.15, 0.2) is 30.3 Å². The van der Waals surface area contributed by atoms with Crippen LogP contribution in [0.3, 0.4) is 0 Å². The van der Waals surface area contributed by atoms with E-state index >= 15 is 0 Å². The smallest absolute Gasteiger partial charge is 0.0619 e. The lowest BCUT2D eigenvalue weighted by atomic mass is 10.0. The first kappa shape index (κ1) is 13.5. The van der Waals surface area contributed by atoms with Crippen molar-refractivity contribution in [2.45, 2.75) is 31.8 Å². The van der Waals surface area contributed by atoms with Gasteiger partial charge in [0.2, 0.25) is 0 Å². The molecule has 2 atom stereocenters. The van der Waals surface area contributed by atoms with Gasteiger partial charge in [0.05, 0.1) is 13.2 Å². The van der Waals surface area contributed by atoms with Gasteiger partial charge in [-0.3, -0.25) is 4.90 Å². The van der Waals surface area contributed by atoms with Crippen molar-refractivity contribution in [1.29, 1.82) is 0 Å². The predicted molar refractivity (Wildman–Crippen MR) is 74.6 cm³/mol. The maximum absolute atomic E-state index is 6.23. The van der Waals surface area contributed by atoms with Gasteiger partial charge < -0.3 is 10.5 Å². The van der Waals surface area contributed by atoms with Crippen molar-refractivity contribution >= 4 is 0 Å². The summed E-state index contributed by atoms with van der Waals surface area (Å²) in [5, 5.41) is 0. The first-order valence-corrected chi connectivity index (χ1v) is 6.87. The lowest BCUT2D eigenvalue weighted by Crippen LogP contribution is -2.48. The molecule has 0 bridgehead atoms.